The lowest BCUT2D eigenvalue weighted by Gasteiger charge is -2.21. The normalized spacial score (nSPS) is 17.8. The van der Waals surface area contributed by atoms with Crippen molar-refractivity contribution in [3.8, 4) is 0 Å². The number of hydrogen-bond acceptors (Lipinski definition) is 3. The lowest BCUT2D eigenvalue weighted by Crippen LogP contribution is -2.42. The third kappa shape index (κ3) is 3.29. The minimum absolute atomic E-state index is 0.0208. The molecule has 1 fully saturated rings. The van der Waals surface area contributed by atoms with Gasteiger partial charge in [0.2, 0.25) is 11.8 Å². The standard InChI is InChI=1S/C15H21N3O2/c1-17(2)12-6-4-11(5-7-12)10-18(3)15(20)13-8-9-14(19)16-13/h4-7,13H,8-10H2,1-3H3,(H,16,19)/t13-/m0/s1. The second-order valence-electron chi connectivity index (χ2n) is 5.41. The molecule has 1 aromatic rings. The largest absolute Gasteiger partial charge is 0.378 e. The first-order valence-corrected chi connectivity index (χ1v) is 6.78. The summed E-state index contributed by atoms with van der Waals surface area (Å²) < 4.78 is 0. The lowest BCUT2D eigenvalue weighted by atomic mass is 10.1. The van der Waals surface area contributed by atoms with Crippen molar-refractivity contribution in [2.24, 2.45) is 0 Å². The van der Waals surface area contributed by atoms with Crippen molar-refractivity contribution >= 4 is 17.5 Å². The first-order valence-electron chi connectivity index (χ1n) is 6.78. The van der Waals surface area contributed by atoms with Crippen molar-refractivity contribution in [2.45, 2.75) is 25.4 Å². The van der Waals surface area contributed by atoms with E-state index in [1.54, 1.807) is 11.9 Å². The van der Waals surface area contributed by atoms with Gasteiger partial charge in [-0.05, 0) is 24.1 Å². The van der Waals surface area contributed by atoms with Gasteiger partial charge in [0.15, 0.2) is 0 Å². The summed E-state index contributed by atoms with van der Waals surface area (Å²) >= 11 is 0. The van der Waals surface area contributed by atoms with Gasteiger partial charge in [-0.1, -0.05) is 12.1 Å². The van der Waals surface area contributed by atoms with Gasteiger partial charge < -0.3 is 15.1 Å². The van der Waals surface area contributed by atoms with Crippen LogP contribution < -0.4 is 10.2 Å². The average Bonchev–Trinajstić information content (AvgIpc) is 2.85. The molecule has 20 heavy (non-hydrogen) atoms. The first kappa shape index (κ1) is 14.4. The summed E-state index contributed by atoms with van der Waals surface area (Å²) in [5, 5.41) is 2.71. The van der Waals surface area contributed by atoms with E-state index in [1.807, 2.05) is 43.3 Å². The minimum Gasteiger partial charge on any atom is -0.378 e. The zero-order chi connectivity index (χ0) is 14.7. The Kier molecular flexibility index (Phi) is 4.27. The van der Waals surface area contributed by atoms with Gasteiger partial charge in [0.05, 0.1) is 0 Å². The van der Waals surface area contributed by atoms with Crippen LogP contribution >= 0.6 is 0 Å². The highest BCUT2D eigenvalue weighted by atomic mass is 16.2. The maximum atomic E-state index is 12.2. The quantitative estimate of drug-likeness (QED) is 0.891. The van der Waals surface area contributed by atoms with Crippen molar-refractivity contribution in [1.82, 2.24) is 10.2 Å². The van der Waals surface area contributed by atoms with Crippen molar-refractivity contribution in [1.29, 1.82) is 0 Å². The van der Waals surface area contributed by atoms with Crippen LogP contribution in [0.5, 0.6) is 0 Å². The van der Waals surface area contributed by atoms with Gasteiger partial charge >= 0.3 is 0 Å². The summed E-state index contributed by atoms with van der Waals surface area (Å²) in [7, 11) is 5.76. The molecule has 0 unspecified atom stereocenters. The number of rotatable bonds is 4. The van der Waals surface area contributed by atoms with Crippen LogP contribution in [0.4, 0.5) is 5.69 Å². The second kappa shape index (κ2) is 5.94. The fourth-order valence-electron chi connectivity index (χ4n) is 2.32. The van der Waals surface area contributed by atoms with Crippen LogP contribution in [0.15, 0.2) is 24.3 Å². The number of likely N-dealkylation sites (N-methyl/N-ethyl adjacent to an activating group) is 1. The van der Waals surface area contributed by atoms with Crippen LogP contribution in [0.3, 0.4) is 0 Å². The maximum Gasteiger partial charge on any atom is 0.245 e. The molecular weight excluding hydrogens is 254 g/mol. The van der Waals surface area contributed by atoms with Crippen molar-refractivity contribution in [2.75, 3.05) is 26.0 Å². The molecule has 0 aliphatic carbocycles. The van der Waals surface area contributed by atoms with E-state index >= 15 is 0 Å². The Labute approximate surface area is 119 Å². The molecule has 1 N–H and O–H groups in total. The molecule has 0 radical (unpaired) electrons. The molecule has 1 heterocycles. The predicted molar refractivity (Wildman–Crippen MR) is 78.4 cm³/mol. The summed E-state index contributed by atoms with van der Waals surface area (Å²) in [4.78, 5) is 27.0. The lowest BCUT2D eigenvalue weighted by molar-refractivity contribution is -0.133. The first-order chi connectivity index (χ1) is 9.47. The number of hydrogen-bond donors (Lipinski definition) is 1. The molecule has 0 aromatic heterocycles. The Hall–Kier alpha value is -2.04. The van der Waals surface area contributed by atoms with Gasteiger partial charge in [-0.2, -0.15) is 0 Å². The number of amides is 2. The Morgan fingerprint density at radius 1 is 1.25 bits per heavy atom. The summed E-state index contributed by atoms with van der Waals surface area (Å²) in [5.74, 6) is -0.0559. The highest BCUT2D eigenvalue weighted by Crippen LogP contribution is 2.15. The second-order valence-corrected chi connectivity index (χ2v) is 5.41. The van der Waals surface area contributed by atoms with Crippen molar-refractivity contribution in [3.63, 3.8) is 0 Å². The fourth-order valence-corrected chi connectivity index (χ4v) is 2.32. The van der Waals surface area contributed by atoms with E-state index in [-0.39, 0.29) is 17.9 Å². The molecule has 5 heteroatoms. The average molecular weight is 275 g/mol. The Balaban J connectivity index is 1.95. The molecule has 0 saturated carbocycles. The van der Waals surface area contributed by atoms with E-state index in [4.69, 9.17) is 0 Å². The third-order valence-corrected chi connectivity index (χ3v) is 3.54. The summed E-state index contributed by atoms with van der Waals surface area (Å²) in [6.07, 6.45) is 1.04. The molecule has 0 bridgehead atoms. The number of anilines is 1. The van der Waals surface area contributed by atoms with E-state index < -0.39 is 0 Å². The van der Waals surface area contributed by atoms with Crippen LogP contribution in [0.25, 0.3) is 0 Å². The molecule has 1 aromatic carbocycles. The fraction of sp³-hybridized carbons (Fsp3) is 0.467. The molecule has 1 aliphatic heterocycles. The van der Waals surface area contributed by atoms with Crippen LogP contribution in [0.2, 0.25) is 0 Å². The Bertz CT molecular complexity index is 496. The van der Waals surface area contributed by atoms with E-state index in [2.05, 4.69) is 5.32 Å². The highest BCUT2D eigenvalue weighted by molar-refractivity contribution is 5.90. The van der Waals surface area contributed by atoms with Crippen LogP contribution in [0.1, 0.15) is 18.4 Å². The van der Waals surface area contributed by atoms with Crippen molar-refractivity contribution in [3.05, 3.63) is 29.8 Å². The Morgan fingerprint density at radius 3 is 2.40 bits per heavy atom. The molecule has 5 nitrogen and oxygen atoms in total. The topological polar surface area (TPSA) is 52.7 Å². The van der Waals surface area contributed by atoms with Gasteiger partial charge in [-0.3, -0.25) is 9.59 Å². The van der Waals surface area contributed by atoms with E-state index in [0.29, 0.717) is 19.4 Å². The molecule has 1 saturated heterocycles. The summed E-state index contributed by atoms with van der Waals surface area (Å²) in [5.41, 5.74) is 2.21. The third-order valence-electron chi connectivity index (χ3n) is 3.54. The van der Waals surface area contributed by atoms with E-state index in [9.17, 15) is 9.59 Å². The minimum atomic E-state index is -0.353. The molecule has 1 atom stereocenters. The summed E-state index contributed by atoms with van der Waals surface area (Å²) in [6.45, 7) is 0.554. The van der Waals surface area contributed by atoms with Gasteiger partial charge in [-0.25, -0.2) is 0 Å². The van der Waals surface area contributed by atoms with Crippen LogP contribution in [-0.2, 0) is 16.1 Å². The van der Waals surface area contributed by atoms with Gasteiger partial charge in [0.25, 0.3) is 0 Å². The number of nitrogens with one attached hydrogen (secondary N) is 1. The van der Waals surface area contributed by atoms with Gasteiger partial charge in [0, 0.05) is 39.8 Å². The smallest absolute Gasteiger partial charge is 0.245 e. The number of benzene rings is 1. The molecule has 0 spiro atoms. The van der Waals surface area contributed by atoms with E-state index in [1.165, 1.54) is 0 Å². The number of carbonyl (C=O) groups is 2. The Morgan fingerprint density at radius 2 is 1.90 bits per heavy atom. The zero-order valence-electron chi connectivity index (χ0n) is 12.2. The maximum absolute atomic E-state index is 12.2. The van der Waals surface area contributed by atoms with Crippen LogP contribution in [0, 0.1) is 0 Å². The number of carbonyl (C=O) groups excluding carboxylic acids is 2. The van der Waals surface area contributed by atoms with E-state index in [0.717, 1.165) is 11.3 Å². The molecular formula is C15H21N3O2. The highest BCUT2D eigenvalue weighted by Gasteiger charge is 2.29. The molecule has 1 aliphatic rings. The van der Waals surface area contributed by atoms with Crippen molar-refractivity contribution < 1.29 is 9.59 Å². The predicted octanol–water partition coefficient (Wildman–Crippen LogP) is 0.990. The molecule has 2 rings (SSSR count). The monoisotopic (exact) mass is 275 g/mol. The molecule has 2 amide bonds. The van der Waals surface area contributed by atoms with Gasteiger partial charge in [-0.15, -0.1) is 0 Å². The molecule has 108 valence electrons. The zero-order valence-corrected chi connectivity index (χ0v) is 12.2. The van der Waals surface area contributed by atoms with Gasteiger partial charge in [0.1, 0.15) is 6.04 Å². The SMILES string of the molecule is CN(Cc1ccc(N(C)C)cc1)C(=O)[C@@H]1CCC(=O)N1. The summed E-state index contributed by atoms with van der Waals surface area (Å²) in [6, 6.07) is 7.75. The number of nitrogens with zero attached hydrogens (tertiary/aromatic N) is 2. The van der Waals surface area contributed by atoms with Crippen LogP contribution in [-0.4, -0.2) is 43.9 Å².